The molecule has 0 rings (SSSR count). The minimum atomic E-state index is -1.06. The maximum Gasteiger partial charge on any atom is 0.306 e. The van der Waals surface area contributed by atoms with Crippen LogP contribution in [0.2, 0.25) is 0 Å². The van der Waals surface area contributed by atoms with E-state index in [-0.39, 0.29) is 17.6 Å². The van der Waals surface area contributed by atoms with Crippen LogP contribution < -0.4 is 0 Å². The fraction of sp³-hybridized carbons (Fsp3) is 0.900. The molecule has 0 aromatic carbocycles. The molecular formula is C10H20O5S. The van der Waals surface area contributed by atoms with Gasteiger partial charge in [-0.3, -0.25) is 9.00 Å². The van der Waals surface area contributed by atoms with Crippen LogP contribution in [0, 0.1) is 0 Å². The fourth-order valence-electron chi connectivity index (χ4n) is 0.998. The summed E-state index contributed by atoms with van der Waals surface area (Å²) in [5.74, 6) is 0.100. The van der Waals surface area contributed by atoms with Gasteiger partial charge in [-0.2, -0.15) is 0 Å². The van der Waals surface area contributed by atoms with E-state index in [1.165, 1.54) is 7.11 Å². The molecule has 16 heavy (non-hydrogen) atoms. The Morgan fingerprint density at radius 1 is 1.25 bits per heavy atom. The van der Waals surface area contributed by atoms with E-state index in [9.17, 15) is 9.00 Å². The zero-order valence-electron chi connectivity index (χ0n) is 10.1. The SMILES string of the molecule is COCCOCCS(=O)C(C)CC(=O)OC. The van der Waals surface area contributed by atoms with Crippen LogP contribution in [0.15, 0.2) is 0 Å². The van der Waals surface area contributed by atoms with Crippen molar-refractivity contribution in [2.75, 3.05) is 39.8 Å². The molecule has 0 aliphatic heterocycles. The smallest absolute Gasteiger partial charge is 0.306 e. The summed E-state index contributed by atoms with van der Waals surface area (Å²) in [4.78, 5) is 10.9. The van der Waals surface area contributed by atoms with Crippen LogP contribution in [0.4, 0.5) is 0 Å². The average molecular weight is 252 g/mol. The molecular weight excluding hydrogens is 232 g/mol. The third-order valence-electron chi connectivity index (χ3n) is 1.99. The lowest BCUT2D eigenvalue weighted by atomic mass is 10.3. The van der Waals surface area contributed by atoms with Gasteiger partial charge < -0.3 is 14.2 Å². The Balaban J connectivity index is 3.59. The number of esters is 1. The Kier molecular flexibility index (Phi) is 9.46. The third kappa shape index (κ3) is 7.78. The Labute approximate surface area is 98.9 Å². The van der Waals surface area contributed by atoms with Crippen LogP contribution in [-0.4, -0.2) is 55.2 Å². The summed E-state index contributed by atoms with van der Waals surface area (Å²) in [6.07, 6.45) is 0.182. The molecule has 0 fully saturated rings. The first-order valence-corrected chi connectivity index (χ1v) is 6.50. The van der Waals surface area contributed by atoms with Crippen molar-refractivity contribution >= 4 is 16.8 Å². The second-order valence-electron chi connectivity index (χ2n) is 3.28. The summed E-state index contributed by atoms with van der Waals surface area (Å²) >= 11 is 0. The van der Waals surface area contributed by atoms with Crippen LogP contribution in [0.5, 0.6) is 0 Å². The number of ether oxygens (including phenoxy) is 3. The Bertz CT molecular complexity index is 219. The molecule has 0 spiro atoms. The lowest BCUT2D eigenvalue weighted by Gasteiger charge is -2.10. The van der Waals surface area contributed by atoms with Crippen molar-refractivity contribution in [3.05, 3.63) is 0 Å². The van der Waals surface area contributed by atoms with E-state index >= 15 is 0 Å². The molecule has 2 unspecified atom stereocenters. The molecule has 6 heteroatoms. The number of hydrogen-bond donors (Lipinski definition) is 0. The molecule has 0 saturated carbocycles. The van der Waals surface area contributed by atoms with Crippen molar-refractivity contribution in [1.29, 1.82) is 0 Å². The zero-order chi connectivity index (χ0) is 12.4. The van der Waals surface area contributed by atoms with Crippen molar-refractivity contribution in [3.63, 3.8) is 0 Å². The predicted molar refractivity (Wildman–Crippen MR) is 61.8 cm³/mol. The first kappa shape index (κ1) is 15.5. The lowest BCUT2D eigenvalue weighted by Crippen LogP contribution is -2.21. The number of methoxy groups -OCH3 is 2. The molecule has 2 atom stereocenters. The topological polar surface area (TPSA) is 61.8 Å². The molecule has 0 radical (unpaired) electrons. The quantitative estimate of drug-likeness (QED) is 0.438. The number of rotatable bonds is 9. The Hall–Kier alpha value is -0.460. The van der Waals surface area contributed by atoms with Crippen LogP contribution in [0.3, 0.4) is 0 Å². The van der Waals surface area contributed by atoms with Gasteiger partial charge in [0.15, 0.2) is 0 Å². The number of carbonyl (C=O) groups is 1. The summed E-state index contributed by atoms with van der Waals surface area (Å²) < 4.78 is 26.1. The van der Waals surface area contributed by atoms with Crippen LogP contribution in [0.1, 0.15) is 13.3 Å². The summed E-state index contributed by atoms with van der Waals surface area (Å²) in [5.41, 5.74) is 0. The molecule has 0 aromatic rings. The molecule has 0 heterocycles. The van der Waals surface area contributed by atoms with E-state index in [2.05, 4.69) is 4.74 Å². The molecule has 0 amide bonds. The van der Waals surface area contributed by atoms with Crippen LogP contribution >= 0.6 is 0 Å². The van der Waals surface area contributed by atoms with Gasteiger partial charge >= 0.3 is 5.97 Å². The van der Waals surface area contributed by atoms with E-state index in [1.807, 2.05) is 0 Å². The second-order valence-corrected chi connectivity index (χ2v) is 5.26. The third-order valence-corrected chi connectivity index (χ3v) is 3.62. The molecule has 5 nitrogen and oxygen atoms in total. The van der Waals surface area contributed by atoms with Gasteiger partial charge in [-0.1, -0.05) is 6.92 Å². The van der Waals surface area contributed by atoms with Crippen molar-refractivity contribution in [3.8, 4) is 0 Å². The van der Waals surface area contributed by atoms with Gasteiger partial charge in [0.05, 0.1) is 33.4 Å². The molecule has 0 aliphatic rings. The first-order chi connectivity index (χ1) is 7.61. The molecule has 0 bridgehead atoms. The van der Waals surface area contributed by atoms with Crippen molar-refractivity contribution in [2.24, 2.45) is 0 Å². The largest absolute Gasteiger partial charge is 0.469 e. The normalized spacial score (nSPS) is 14.4. The average Bonchev–Trinajstić information content (AvgIpc) is 2.28. The van der Waals surface area contributed by atoms with E-state index in [4.69, 9.17) is 9.47 Å². The molecule has 0 N–H and O–H groups in total. The van der Waals surface area contributed by atoms with Crippen LogP contribution in [0.25, 0.3) is 0 Å². The summed E-state index contributed by atoms with van der Waals surface area (Å²) in [5, 5.41) is -0.196. The highest BCUT2D eigenvalue weighted by Gasteiger charge is 2.15. The molecule has 0 aliphatic carbocycles. The van der Waals surface area contributed by atoms with Crippen molar-refractivity contribution < 1.29 is 23.2 Å². The van der Waals surface area contributed by atoms with Gasteiger partial charge in [-0.05, 0) is 0 Å². The minimum absolute atomic E-state index is 0.182. The monoisotopic (exact) mass is 252 g/mol. The maximum absolute atomic E-state index is 11.6. The highest BCUT2D eigenvalue weighted by Crippen LogP contribution is 2.03. The molecule has 0 saturated heterocycles. The number of carbonyl (C=O) groups excluding carboxylic acids is 1. The maximum atomic E-state index is 11.6. The Morgan fingerprint density at radius 2 is 1.94 bits per heavy atom. The predicted octanol–water partition coefficient (Wildman–Crippen LogP) is 0.350. The van der Waals surface area contributed by atoms with Gasteiger partial charge in [0, 0.05) is 28.9 Å². The Morgan fingerprint density at radius 3 is 2.50 bits per heavy atom. The summed E-state index contributed by atoms with van der Waals surface area (Å²) in [7, 11) is 1.86. The summed E-state index contributed by atoms with van der Waals surface area (Å²) in [6.45, 7) is 3.22. The lowest BCUT2D eigenvalue weighted by molar-refractivity contribution is -0.140. The van der Waals surface area contributed by atoms with Gasteiger partial charge in [-0.15, -0.1) is 0 Å². The highest BCUT2D eigenvalue weighted by atomic mass is 32.2. The van der Waals surface area contributed by atoms with E-state index in [0.717, 1.165) is 0 Å². The zero-order valence-corrected chi connectivity index (χ0v) is 10.9. The first-order valence-electron chi connectivity index (χ1n) is 5.12. The standard InChI is InChI=1S/C10H20O5S/c1-9(8-10(11)14-3)16(12)7-6-15-5-4-13-2/h9H,4-8H2,1-3H3. The summed E-state index contributed by atoms with van der Waals surface area (Å²) in [6, 6.07) is 0. The molecule has 0 aromatic heterocycles. The van der Waals surface area contributed by atoms with Crippen molar-refractivity contribution in [2.45, 2.75) is 18.6 Å². The number of hydrogen-bond acceptors (Lipinski definition) is 5. The molecule has 96 valence electrons. The van der Waals surface area contributed by atoms with Gasteiger partial charge in [-0.25, -0.2) is 0 Å². The second kappa shape index (κ2) is 9.74. The fourth-order valence-corrected chi connectivity index (χ4v) is 2.00. The minimum Gasteiger partial charge on any atom is -0.469 e. The van der Waals surface area contributed by atoms with Gasteiger partial charge in [0.1, 0.15) is 0 Å². The van der Waals surface area contributed by atoms with E-state index in [1.54, 1.807) is 14.0 Å². The highest BCUT2D eigenvalue weighted by molar-refractivity contribution is 7.85. The van der Waals surface area contributed by atoms with Crippen molar-refractivity contribution in [1.82, 2.24) is 0 Å². The van der Waals surface area contributed by atoms with Gasteiger partial charge in [0.2, 0.25) is 0 Å². The van der Waals surface area contributed by atoms with Crippen LogP contribution in [-0.2, 0) is 29.8 Å². The van der Waals surface area contributed by atoms with E-state index in [0.29, 0.717) is 25.6 Å². The van der Waals surface area contributed by atoms with E-state index < -0.39 is 10.8 Å². The van der Waals surface area contributed by atoms with Gasteiger partial charge in [0.25, 0.3) is 0 Å².